The first-order chi connectivity index (χ1) is 6.38. The van der Waals surface area contributed by atoms with Crippen LogP contribution in [0.4, 0.5) is 0 Å². The fourth-order valence-corrected chi connectivity index (χ4v) is 1.39. The summed E-state index contributed by atoms with van der Waals surface area (Å²) >= 11 is 0. The third-order valence-corrected chi connectivity index (χ3v) is 2.49. The zero-order valence-electron chi connectivity index (χ0n) is 8.20. The van der Waals surface area contributed by atoms with Gasteiger partial charge in [0, 0.05) is 0 Å². The molecule has 0 saturated heterocycles. The standard InChI is InChI=1S/C12H12O2/c1-5-11(13)7-10(4)12(14,6-2)8-9(11)3/h1-2,7-8,13-14H,3-4H3/t11-,12+. The summed E-state index contributed by atoms with van der Waals surface area (Å²) in [6.45, 7) is 3.26. The predicted molar refractivity (Wildman–Crippen MR) is 55.1 cm³/mol. The van der Waals surface area contributed by atoms with Crippen LogP contribution >= 0.6 is 0 Å². The molecule has 0 fully saturated rings. The maximum Gasteiger partial charge on any atom is 0.165 e. The second kappa shape index (κ2) is 3.03. The van der Waals surface area contributed by atoms with E-state index in [4.69, 9.17) is 12.8 Å². The Morgan fingerprint density at radius 1 is 1.00 bits per heavy atom. The molecule has 14 heavy (non-hydrogen) atoms. The van der Waals surface area contributed by atoms with Crippen LogP contribution in [-0.4, -0.2) is 21.4 Å². The van der Waals surface area contributed by atoms with Gasteiger partial charge >= 0.3 is 0 Å². The van der Waals surface area contributed by atoms with E-state index in [-0.39, 0.29) is 0 Å². The molecule has 0 aromatic rings. The molecule has 1 aliphatic carbocycles. The molecule has 0 aliphatic heterocycles. The summed E-state index contributed by atoms with van der Waals surface area (Å²) in [6.07, 6.45) is 13.2. The molecule has 1 rings (SSSR count). The number of rotatable bonds is 0. The van der Waals surface area contributed by atoms with Crippen molar-refractivity contribution in [2.24, 2.45) is 0 Å². The van der Waals surface area contributed by atoms with Gasteiger partial charge in [-0.15, -0.1) is 12.8 Å². The van der Waals surface area contributed by atoms with E-state index in [9.17, 15) is 10.2 Å². The number of hydrogen-bond donors (Lipinski definition) is 2. The molecular formula is C12H12O2. The fourth-order valence-electron chi connectivity index (χ4n) is 1.39. The molecule has 2 N–H and O–H groups in total. The Morgan fingerprint density at radius 3 is 1.50 bits per heavy atom. The Hall–Kier alpha value is -1.48. The van der Waals surface area contributed by atoms with Crippen LogP contribution in [0.5, 0.6) is 0 Å². The van der Waals surface area contributed by atoms with Crippen LogP contribution in [0, 0.1) is 24.7 Å². The van der Waals surface area contributed by atoms with Crippen molar-refractivity contribution in [1.29, 1.82) is 0 Å². The Bertz CT molecular complexity index is 363. The smallest absolute Gasteiger partial charge is 0.165 e. The minimum atomic E-state index is -1.42. The maximum atomic E-state index is 9.89. The number of aliphatic hydroxyl groups is 2. The first-order valence-electron chi connectivity index (χ1n) is 4.18. The van der Waals surface area contributed by atoms with Gasteiger partial charge in [0.05, 0.1) is 0 Å². The van der Waals surface area contributed by atoms with E-state index < -0.39 is 11.2 Å². The second-order valence-electron chi connectivity index (χ2n) is 3.48. The molecular weight excluding hydrogens is 176 g/mol. The van der Waals surface area contributed by atoms with Crippen LogP contribution in [0.15, 0.2) is 23.3 Å². The first-order valence-corrected chi connectivity index (χ1v) is 4.18. The van der Waals surface area contributed by atoms with Gasteiger partial charge in [0.15, 0.2) is 11.2 Å². The van der Waals surface area contributed by atoms with Gasteiger partial charge in [-0.05, 0) is 37.1 Å². The van der Waals surface area contributed by atoms with Gasteiger partial charge in [-0.2, -0.15) is 0 Å². The lowest BCUT2D eigenvalue weighted by molar-refractivity contribution is 0.151. The minimum Gasteiger partial charge on any atom is -0.370 e. The lowest BCUT2D eigenvalue weighted by Gasteiger charge is -2.31. The topological polar surface area (TPSA) is 40.5 Å². The Kier molecular flexibility index (Phi) is 2.29. The van der Waals surface area contributed by atoms with Crippen LogP contribution in [0.2, 0.25) is 0 Å². The van der Waals surface area contributed by atoms with Crippen LogP contribution in [0.25, 0.3) is 0 Å². The van der Waals surface area contributed by atoms with Gasteiger partial charge in [0.1, 0.15) is 0 Å². The third-order valence-electron chi connectivity index (χ3n) is 2.49. The van der Waals surface area contributed by atoms with Crippen LogP contribution in [0.3, 0.4) is 0 Å². The van der Waals surface area contributed by atoms with Gasteiger partial charge < -0.3 is 10.2 Å². The lowest BCUT2D eigenvalue weighted by atomic mass is 9.79. The van der Waals surface area contributed by atoms with Crippen LogP contribution in [-0.2, 0) is 0 Å². The third kappa shape index (κ3) is 1.36. The Morgan fingerprint density at radius 2 is 1.29 bits per heavy atom. The van der Waals surface area contributed by atoms with Gasteiger partial charge in [-0.3, -0.25) is 0 Å². The molecule has 72 valence electrons. The highest BCUT2D eigenvalue weighted by molar-refractivity contribution is 5.50. The second-order valence-corrected chi connectivity index (χ2v) is 3.48. The molecule has 2 nitrogen and oxygen atoms in total. The molecule has 0 heterocycles. The van der Waals surface area contributed by atoms with E-state index in [0.29, 0.717) is 11.1 Å². The highest BCUT2D eigenvalue weighted by Gasteiger charge is 2.36. The van der Waals surface area contributed by atoms with Crippen molar-refractivity contribution in [3.05, 3.63) is 23.3 Å². The summed E-state index contributed by atoms with van der Waals surface area (Å²) in [5, 5.41) is 19.8. The van der Waals surface area contributed by atoms with Crippen LogP contribution in [0.1, 0.15) is 13.8 Å². The predicted octanol–water partition coefficient (Wildman–Crippen LogP) is 0.621. The van der Waals surface area contributed by atoms with E-state index in [1.807, 2.05) is 0 Å². The largest absolute Gasteiger partial charge is 0.370 e. The summed E-state index contributed by atoms with van der Waals surface area (Å²) in [5.74, 6) is 4.51. The SMILES string of the molecule is C#C[C@@]1(O)C=C(C)[C@](O)(C#C)C=C1C. The highest BCUT2D eigenvalue weighted by Crippen LogP contribution is 2.32. The number of hydrogen-bond acceptors (Lipinski definition) is 2. The summed E-state index contributed by atoms with van der Waals surface area (Å²) in [4.78, 5) is 0. The summed E-state index contributed by atoms with van der Waals surface area (Å²) < 4.78 is 0. The number of terminal acetylenes is 2. The van der Waals surface area contributed by atoms with Crippen molar-refractivity contribution >= 4 is 0 Å². The van der Waals surface area contributed by atoms with Gasteiger partial charge in [-0.1, -0.05) is 11.8 Å². The van der Waals surface area contributed by atoms with E-state index in [1.54, 1.807) is 13.8 Å². The molecule has 0 unspecified atom stereocenters. The van der Waals surface area contributed by atoms with E-state index >= 15 is 0 Å². The first kappa shape index (κ1) is 10.6. The summed E-state index contributed by atoms with van der Waals surface area (Å²) in [6, 6.07) is 0. The minimum absolute atomic E-state index is 0.464. The lowest BCUT2D eigenvalue weighted by Crippen LogP contribution is -2.37. The molecule has 0 aromatic carbocycles. The molecule has 2 atom stereocenters. The normalized spacial score (nSPS) is 36.4. The quantitative estimate of drug-likeness (QED) is 0.432. The van der Waals surface area contributed by atoms with Crippen molar-refractivity contribution in [3.63, 3.8) is 0 Å². The van der Waals surface area contributed by atoms with Gasteiger partial charge in [0.25, 0.3) is 0 Å². The van der Waals surface area contributed by atoms with Gasteiger partial charge in [-0.25, -0.2) is 0 Å². The van der Waals surface area contributed by atoms with Crippen molar-refractivity contribution in [2.45, 2.75) is 25.0 Å². The zero-order valence-corrected chi connectivity index (χ0v) is 8.20. The molecule has 0 aromatic heterocycles. The average Bonchev–Trinajstić information content (AvgIpc) is 2.15. The van der Waals surface area contributed by atoms with E-state index in [1.165, 1.54) is 12.2 Å². The summed E-state index contributed by atoms with van der Waals surface area (Å²) in [5.41, 5.74) is -1.92. The molecule has 0 spiro atoms. The van der Waals surface area contributed by atoms with Crippen molar-refractivity contribution in [2.75, 3.05) is 0 Å². The van der Waals surface area contributed by atoms with Crippen molar-refractivity contribution in [1.82, 2.24) is 0 Å². The van der Waals surface area contributed by atoms with Crippen molar-refractivity contribution in [3.8, 4) is 24.7 Å². The average molecular weight is 188 g/mol. The molecule has 2 heteroatoms. The van der Waals surface area contributed by atoms with E-state index in [2.05, 4.69) is 11.8 Å². The zero-order chi connectivity index (χ0) is 11.0. The van der Waals surface area contributed by atoms with Crippen molar-refractivity contribution < 1.29 is 10.2 Å². The monoisotopic (exact) mass is 188 g/mol. The Balaban J connectivity index is 3.31. The van der Waals surface area contributed by atoms with E-state index in [0.717, 1.165) is 0 Å². The molecule has 0 amide bonds. The van der Waals surface area contributed by atoms with Crippen LogP contribution < -0.4 is 0 Å². The highest BCUT2D eigenvalue weighted by atomic mass is 16.3. The molecule has 0 saturated carbocycles. The molecule has 0 bridgehead atoms. The molecule has 0 radical (unpaired) electrons. The Labute approximate surface area is 84.0 Å². The maximum absolute atomic E-state index is 9.89. The van der Waals surface area contributed by atoms with Gasteiger partial charge in [0.2, 0.25) is 0 Å². The fraction of sp³-hybridized carbons (Fsp3) is 0.333. The molecule has 1 aliphatic rings. The summed E-state index contributed by atoms with van der Waals surface area (Å²) in [7, 11) is 0.